The predicted octanol–water partition coefficient (Wildman–Crippen LogP) is 4.21. The lowest BCUT2D eigenvalue weighted by atomic mass is 10.1. The van der Waals surface area contributed by atoms with E-state index in [-0.39, 0.29) is 5.95 Å². The molecule has 4 aromatic rings. The van der Waals surface area contributed by atoms with Crippen LogP contribution in [0.5, 0.6) is 0 Å². The van der Waals surface area contributed by atoms with E-state index < -0.39 is 0 Å². The monoisotopic (exact) mass is 349 g/mol. The van der Waals surface area contributed by atoms with Gasteiger partial charge in [-0.05, 0) is 52.7 Å². The Balaban J connectivity index is 1.58. The zero-order chi connectivity index (χ0) is 17.4. The number of nitrogen functional groups attached to an aromatic ring is 2. The Morgan fingerprint density at radius 2 is 1.68 bits per heavy atom. The van der Waals surface area contributed by atoms with Crippen LogP contribution in [0.2, 0.25) is 5.02 Å². The Bertz CT molecular complexity index is 1090. The first-order valence-corrected chi connectivity index (χ1v) is 8.21. The Labute approximate surface area is 149 Å². The minimum Gasteiger partial charge on any atom is -0.383 e. The minimum atomic E-state index is 0.187. The van der Waals surface area contributed by atoms with E-state index >= 15 is 0 Å². The fourth-order valence-electron chi connectivity index (χ4n) is 2.86. The van der Waals surface area contributed by atoms with E-state index in [1.54, 1.807) is 0 Å². The number of fused-ring (bicyclic) bond motifs is 2. The number of hydrogen-bond acceptors (Lipinski definition) is 5. The number of nitrogens with zero attached hydrogens (tertiary/aromatic N) is 2. The number of halogens is 1. The summed E-state index contributed by atoms with van der Waals surface area (Å²) >= 11 is 6.03. The van der Waals surface area contributed by atoms with Crippen LogP contribution in [0.25, 0.3) is 21.7 Å². The van der Waals surface area contributed by atoms with Crippen molar-refractivity contribution in [3.63, 3.8) is 0 Å². The first-order valence-electron chi connectivity index (χ1n) is 7.83. The highest BCUT2D eigenvalue weighted by Gasteiger charge is 2.05. The largest absolute Gasteiger partial charge is 0.383 e. The molecule has 0 amide bonds. The van der Waals surface area contributed by atoms with Gasteiger partial charge in [0.15, 0.2) is 0 Å². The van der Waals surface area contributed by atoms with Gasteiger partial charge in [0.2, 0.25) is 5.95 Å². The molecule has 0 bridgehead atoms. The Morgan fingerprint density at radius 1 is 0.880 bits per heavy atom. The van der Waals surface area contributed by atoms with Crippen LogP contribution in [-0.4, -0.2) is 9.97 Å². The van der Waals surface area contributed by atoms with Gasteiger partial charge in [0, 0.05) is 22.6 Å². The molecular formula is C19H16ClN5. The summed E-state index contributed by atoms with van der Waals surface area (Å²) in [5.41, 5.74) is 14.4. The summed E-state index contributed by atoms with van der Waals surface area (Å²) in [4.78, 5) is 8.21. The van der Waals surface area contributed by atoms with Crippen LogP contribution >= 0.6 is 11.6 Å². The number of nitrogens with two attached hydrogens (primary N) is 2. The van der Waals surface area contributed by atoms with E-state index in [4.69, 9.17) is 23.1 Å². The number of benzene rings is 3. The molecule has 0 fully saturated rings. The summed E-state index contributed by atoms with van der Waals surface area (Å²) in [6, 6.07) is 18.0. The molecule has 3 aromatic carbocycles. The van der Waals surface area contributed by atoms with Crippen molar-refractivity contribution in [2.75, 3.05) is 16.8 Å². The molecule has 6 heteroatoms. The zero-order valence-electron chi connectivity index (χ0n) is 13.3. The second kappa shape index (κ2) is 6.11. The summed E-state index contributed by atoms with van der Waals surface area (Å²) in [5, 5.41) is 7.23. The highest BCUT2D eigenvalue weighted by atomic mass is 35.5. The van der Waals surface area contributed by atoms with Gasteiger partial charge >= 0.3 is 0 Å². The van der Waals surface area contributed by atoms with Crippen molar-refractivity contribution < 1.29 is 0 Å². The van der Waals surface area contributed by atoms with Crippen LogP contribution in [0.4, 0.5) is 17.5 Å². The molecule has 4 rings (SSSR count). The number of nitrogens with one attached hydrogen (secondary N) is 1. The molecule has 5 N–H and O–H groups in total. The minimum absolute atomic E-state index is 0.187. The second-order valence-electron chi connectivity index (χ2n) is 5.88. The maximum atomic E-state index is 6.03. The summed E-state index contributed by atoms with van der Waals surface area (Å²) < 4.78 is 0. The molecule has 0 aliphatic rings. The first-order chi connectivity index (χ1) is 12.1. The SMILES string of the molecule is Nc1nc(N)c2cc(CNc3ccc4cc(Cl)ccc4c3)ccc2n1. The van der Waals surface area contributed by atoms with Crippen LogP contribution in [-0.2, 0) is 6.54 Å². The summed E-state index contributed by atoms with van der Waals surface area (Å²) in [6.45, 7) is 0.666. The third kappa shape index (κ3) is 3.14. The number of aromatic nitrogens is 2. The van der Waals surface area contributed by atoms with Crippen molar-refractivity contribution in [2.45, 2.75) is 6.54 Å². The Hall–Kier alpha value is -3.05. The smallest absolute Gasteiger partial charge is 0.222 e. The molecule has 1 aromatic heterocycles. The first kappa shape index (κ1) is 15.5. The lowest BCUT2D eigenvalue weighted by Crippen LogP contribution is -2.02. The van der Waals surface area contributed by atoms with Crippen molar-refractivity contribution >= 4 is 50.7 Å². The van der Waals surface area contributed by atoms with Gasteiger partial charge in [0.25, 0.3) is 0 Å². The number of rotatable bonds is 3. The van der Waals surface area contributed by atoms with E-state index in [0.717, 1.165) is 37.9 Å². The van der Waals surface area contributed by atoms with Gasteiger partial charge in [-0.2, -0.15) is 4.98 Å². The molecule has 0 atom stereocenters. The van der Waals surface area contributed by atoms with Gasteiger partial charge in [-0.1, -0.05) is 29.8 Å². The Kier molecular flexibility index (Phi) is 3.78. The molecule has 1 heterocycles. The molecule has 0 saturated carbocycles. The quantitative estimate of drug-likeness (QED) is 0.515. The van der Waals surface area contributed by atoms with Crippen LogP contribution in [0.1, 0.15) is 5.56 Å². The van der Waals surface area contributed by atoms with Gasteiger partial charge in [0.1, 0.15) is 5.82 Å². The lowest BCUT2D eigenvalue weighted by molar-refractivity contribution is 1.15. The standard InChI is InChI=1S/C19H16ClN5/c20-14-4-2-13-9-15(5-3-12(13)8-14)23-10-11-1-6-17-16(7-11)18(21)25-19(22)24-17/h1-9,23H,10H2,(H4,21,22,24,25). The van der Waals surface area contributed by atoms with Gasteiger partial charge in [-0.3, -0.25) is 0 Å². The molecule has 0 saturated heterocycles. The van der Waals surface area contributed by atoms with Gasteiger partial charge < -0.3 is 16.8 Å². The van der Waals surface area contributed by atoms with Gasteiger partial charge in [0.05, 0.1) is 5.52 Å². The maximum Gasteiger partial charge on any atom is 0.222 e. The van der Waals surface area contributed by atoms with E-state index in [0.29, 0.717) is 12.4 Å². The van der Waals surface area contributed by atoms with Crippen molar-refractivity contribution in [1.82, 2.24) is 9.97 Å². The highest BCUT2D eigenvalue weighted by molar-refractivity contribution is 6.31. The summed E-state index contributed by atoms with van der Waals surface area (Å²) in [7, 11) is 0. The van der Waals surface area contributed by atoms with E-state index in [2.05, 4.69) is 27.4 Å². The molecule has 25 heavy (non-hydrogen) atoms. The van der Waals surface area contributed by atoms with E-state index in [1.807, 2.05) is 42.5 Å². The molecule has 124 valence electrons. The molecule has 0 aliphatic heterocycles. The number of anilines is 3. The fraction of sp³-hybridized carbons (Fsp3) is 0.0526. The molecule has 5 nitrogen and oxygen atoms in total. The van der Waals surface area contributed by atoms with Crippen molar-refractivity contribution in [1.29, 1.82) is 0 Å². The third-order valence-electron chi connectivity index (χ3n) is 4.11. The van der Waals surface area contributed by atoms with Crippen molar-refractivity contribution in [2.24, 2.45) is 0 Å². The van der Waals surface area contributed by atoms with Gasteiger partial charge in [-0.25, -0.2) is 4.98 Å². The fourth-order valence-corrected chi connectivity index (χ4v) is 3.04. The third-order valence-corrected chi connectivity index (χ3v) is 4.34. The molecule has 0 unspecified atom stereocenters. The van der Waals surface area contributed by atoms with Crippen LogP contribution in [0.15, 0.2) is 54.6 Å². The molecule has 0 aliphatic carbocycles. The highest BCUT2D eigenvalue weighted by Crippen LogP contribution is 2.24. The second-order valence-corrected chi connectivity index (χ2v) is 6.31. The van der Waals surface area contributed by atoms with Crippen molar-refractivity contribution in [3.8, 4) is 0 Å². The normalized spacial score (nSPS) is 11.1. The average Bonchev–Trinajstić information content (AvgIpc) is 2.60. The number of hydrogen-bond donors (Lipinski definition) is 3. The van der Waals surface area contributed by atoms with E-state index in [9.17, 15) is 0 Å². The van der Waals surface area contributed by atoms with Crippen LogP contribution in [0, 0.1) is 0 Å². The lowest BCUT2D eigenvalue weighted by Gasteiger charge is -2.09. The molecular weight excluding hydrogens is 334 g/mol. The van der Waals surface area contributed by atoms with Crippen molar-refractivity contribution in [3.05, 3.63) is 65.2 Å². The van der Waals surface area contributed by atoms with Gasteiger partial charge in [-0.15, -0.1) is 0 Å². The molecule has 0 spiro atoms. The topological polar surface area (TPSA) is 89.8 Å². The zero-order valence-corrected chi connectivity index (χ0v) is 14.1. The summed E-state index contributed by atoms with van der Waals surface area (Å²) in [5.74, 6) is 0.582. The van der Waals surface area contributed by atoms with Crippen LogP contribution in [0.3, 0.4) is 0 Å². The Morgan fingerprint density at radius 3 is 2.56 bits per heavy atom. The predicted molar refractivity (Wildman–Crippen MR) is 105 cm³/mol. The van der Waals surface area contributed by atoms with Crippen LogP contribution < -0.4 is 16.8 Å². The maximum absolute atomic E-state index is 6.03. The summed E-state index contributed by atoms with van der Waals surface area (Å²) in [6.07, 6.45) is 0. The average molecular weight is 350 g/mol. The van der Waals surface area contributed by atoms with E-state index in [1.165, 1.54) is 0 Å². The molecule has 0 radical (unpaired) electrons.